The molecule has 0 heterocycles. The molecule has 0 aliphatic carbocycles. The molecule has 558 valence electrons. The fourth-order valence-corrected chi connectivity index (χ4v) is 9.90. The quantitative estimate of drug-likeness (QED) is 0.0287. The molecule has 0 aromatic heterocycles. The zero-order valence-electron chi connectivity index (χ0n) is 58.5. The Morgan fingerprint density at radius 3 is 1.21 bits per heavy atom. The van der Waals surface area contributed by atoms with E-state index in [1.807, 2.05) is 13.8 Å². The standard InChI is InChI=1S/C65H109N15O19/c1-11-35(6)51(62(95)69-38(9)54(87)72-43(25-26-49(83)84)56(89)77-47(33-81)61(94)70-39(10)65(98)99)78-57(90)42(24-18-20-28-67)73-55(88)41(23-17-19-27-66)74-63(96)52(36(7)12-2)80-64(97)53(37(8)13-3)79-60(93)46(31-50(85)86)76-59(92)45(30-40-21-15-14-16-22-40)75-58(91)44(29-34(4)5)71-48(82)32-68/h14-16,21-22,34-39,41-47,51-53,81H,11-13,17-20,23-33,66-68H2,1-10H3,(H,69,95)(H,70,94)(H,71,82)(H,72,87)(H,73,88)(H,74,96)(H,75,91)(H,76,92)(H,77,89)(H,78,90)(H,79,93)(H,80,97)(H,83,84)(H,85,86)(H,98,99)/t35-,36-,37-,38-,39?,41-,42-,43-,44-,45-,46-,47-,51-,52-,53-/m0/s1. The van der Waals surface area contributed by atoms with Crippen molar-refractivity contribution in [2.75, 3.05) is 26.2 Å². The number of rotatable bonds is 49. The van der Waals surface area contributed by atoms with Crippen molar-refractivity contribution in [1.29, 1.82) is 0 Å². The van der Waals surface area contributed by atoms with Crippen LogP contribution < -0.4 is 81.0 Å². The van der Waals surface area contributed by atoms with Gasteiger partial charge in [0.1, 0.15) is 72.5 Å². The molecule has 1 rings (SSSR count). The Kier molecular flexibility index (Phi) is 41.3. The van der Waals surface area contributed by atoms with Crippen LogP contribution in [0.25, 0.3) is 0 Å². The van der Waals surface area contributed by atoms with E-state index in [9.17, 15) is 92.3 Å². The first-order valence-electron chi connectivity index (χ1n) is 33.7. The number of hydrogen-bond acceptors (Lipinski definition) is 19. The Hall–Kier alpha value is -8.89. The zero-order valence-corrected chi connectivity index (χ0v) is 58.5. The van der Waals surface area contributed by atoms with Crippen molar-refractivity contribution >= 4 is 88.8 Å². The number of carbonyl (C=O) groups is 15. The van der Waals surface area contributed by atoms with Crippen LogP contribution >= 0.6 is 0 Å². The molecule has 0 radical (unpaired) electrons. The van der Waals surface area contributed by atoms with Crippen LogP contribution in [0.1, 0.15) is 158 Å². The van der Waals surface area contributed by atoms with Crippen molar-refractivity contribution < 1.29 is 92.3 Å². The summed E-state index contributed by atoms with van der Waals surface area (Å²) in [5.41, 5.74) is 17.7. The van der Waals surface area contributed by atoms with Crippen molar-refractivity contribution in [1.82, 2.24) is 63.8 Å². The summed E-state index contributed by atoms with van der Waals surface area (Å²) in [6.07, 6.45) is -0.106. The number of benzene rings is 1. The third-order valence-corrected chi connectivity index (χ3v) is 16.6. The molecule has 99 heavy (non-hydrogen) atoms. The highest BCUT2D eigenvalue weighted by atomic mass is 16.4. The number of aliphatic hydroxyl groups excluding tert-OH is 1. The Morgan fingerprint density at radius 1 is 0.394 bits per heavy atom. The van der Waals surface area contributed by atoms with Gasteiger partial charge < -0.3 is 101 Å². The van der Waals surface area contributed by atoms with Crippen molar-refractivity contribution in [3.63, 3.8) is 0 Å². The molecule has 22 N–H and O–H groups in total. The molecule has 1 aromatic carbocycles. The SMILES string of the molecule is CC[C@H](C)[C@H](NC(=O)[C@H](CCCCN)NC(=O)[C@H](CCCCN)NC(=O)[C@@H](NC(=O)[C@@H](NC(=O)[C@H](CC(=O)O)NC(=O)[C@H](Cc1ccccc1)NC(=O)[C@H](CC(C)C)NC(=O)CN)[C@@H](C)CC)[C@@H](C)CC)C(=O)N[C@@H](C)C(=O)N[C@@H](CCC(=O)O)C(=O)N[C@@H](CO)C(=O)NC(C)C(=O)O. The molecular formula is C65H109N15O19. The third kappa shape index (κ3) is 32.6. The number of carboxylic acids is 3. The molecule has 0 aliphatic rings. The number of carbonyl (C=O) groups excluding carboxylic acids is 12. The van der Waals surface area contributed by atoms with Crippen LogP contribution in [-0.4, -0.2) is 208 Å². The van der Waals surface area contributed by atoms with Gasteiger partial charge in [0, 0.05) is 12.8 Å². The van der Waals surface area contributed by atoms with Gasteiger partial charge in [0.2, 0.25) is 70.9 Å². The molecule has 0 spiro atoms. The van der Waals surface area contributed by atoms with Gasteiger partial charge in [-0.2, -0.15) is 0 Å². The summed E-state index contributed by atoms with van der Waals surface area (Å²) in [6, 6.07) is -9.25. The second kappa shape index (κ2) is 46.4. The second-order valence-electron chi connectivity index (χ2n) is 25.2. The van der Waals surface area contributed by atoms with E-state index in [1.54, 1.807) is 71.9 Å². The lowest BCUT2D eigenvalue weighted by Gasteiger charge is -2.31. The van der Waals surface area contributed by atoms with Crippen molar-refractivity contribution in [3.8, 4) is 0 Å². The normalized spacial score (nSPS) is 15.7. The van der Waals surface area contributed by atoms with Gasteiger partial charge in [-0.1, -0.05) is 105 Å². The summed E-state index contributed by atoms with van der Waals surface area (Å²) in [5.74, 6) is -17.5. The smallest absolute Gasteiger partial charge is 0.325 e. The summed E-state index contributed by atoms with van der Waals surface area (Å²) in [6.45, 7) is 14.9. The van der Waals surface area contributed by atoms with E-state index in [1.165, 1.54) is 6.92 Å². The largest absolute Gasteiger partial charge is 0.481 e. The fourth-order valence-electron chi connectivity index (χ4n) is 9.90. The number of nitrogens with one attached hydrogen (secondary N) is 12. The number of amides is 12. The molecular weight excluding hydrogens is 1290 g/mol. The van der Waals surface area contributed by atoms with Crippen LogP contribution in [0.15, 0.2) is 30.3 Å². The first-order chi connectivity index (χ1) is 46.6. The Labute approximate surface area is 577 Å². The lowest BCUT2D eigenvalue weighted by Crippen LogP contribution is -2.62. The minimum atomic E-state index is -1.84. The number of hydrogen-bond donors (Lipinski definition) is 19. The van der Waals surface area contributed by atoms with Gasteiger partial charge in [0.25, 0.3) is 0 Å². The van der Waals surface area contributed by atoms with Crippen LogP contribution in [0.5, 0.6) is 0 Å². The van der Waals surface area contributed by atoms with Gasteiger partial charge in [-0.3, -0.25) is 71.9 Å². The molecule has 1 unspecified atom stereocenters. The van der Waals surface area contributed by atoms with Gasteiger partial charge in [0.15, 0.2) is 0 Å². The minimum absolute atomic E-state index is 0.0331. The van der Waals surface area contributed by atoms with E-state index in [-0.39, 0.29) is 76.8 Å². The highest BCUT2D eigenvalue weighted by Gasteiger charge is 2.39. The second-order valence-corrected chi connectivity index (χ2v) is 25.2. The lowest BCUT2D eigenvalue weighted by molar-refractivity contribution is -0.142. The Bertz CT molecular complexity index is 2850. The minimum Gasteiger partial charge on any atom is -0.481 e. The Morgan fingerprint density at radius 2 is 0.768 bits per heavy atom. The maximum absolute atomic E-state index is 14.6. The molecule has 0 saturated heterocycles. The molecule has 12 amide bonds. The zero-order chi connectivity index (χ0) is 75.2. The van der Waals surface area contributed by atoms with Gasteiger partial charge >= 0.3 is 17.9 Å². The molecule has 0 fully saturated rings. The number of aliphatic carboxylic acids is 3. The average Bonchev–Trinajstić information content (AvgIpc) is 0.871. The molecule has 34 nitrogen and oxygen atoms in total. The highest BCUT2D eigenvalue weighted by molar-refractivity contribution is 6.00. The van der Waals surface area contributed by atoms with E-state index in [0.29, 0.717) is 18.4 Å². The van der Waals surface area contributed by atoms with Gasteiger partial charge in [-0.25, -0.2) is 0 Å². The lowest BCUT2D eigenvalue weighted by atomic mass is 9.94. The van der Waals surface area contributed by atoms with Crippen LogP contribution in [0.2, 0.25) is 0 Å². The summed E-state index contributed by atoms with van der Waals surface area (Å²) in [5, 5.41) is 68.4. The van der Waals surface area contributed by atoms with Crippen LogP contribution in [0, 0.1) is 23.7 Å². The van der Waals surface area contributed by atoms with E-state index in [4.69, 9.17) is 17.2 Å². The molecule has 0 saturated carbocycles. The first kappa shape index (κ1) is 88.1. The molecule has 15 atom stereocenters. The van der Waals surface area contributed by atoms with E-state index in [2.05, 4.69) is 63.8 Å². The third-order valence-electron chi connectivity index (χ3n) is 16.6. The molecule has 34 heteroatoms. The van der Waals surface area contributed by atoms with Gasteiger partial charge in [0.05, 0.1) is 19.6 Å². The number of nitrogens with two attached hydrogens (primary N) is 3. The summed E-state index contributed by atoms with van der Waals surface area (Å²) in [4.78, 5) is 202. The number of carboxylic acid groups (broad SMARTS) is 3. The van der Waals surface area contributed by atoms with Gasteiger partial charge in [-0.05, 0) is 108 Å². The average molecular weight is 1400 g/mol. The van der Waals surface area contributed by atoms with E-state index in [0.717, 1.165) is 6.92 Å². The summed E-state index contributed by atoms with van der Waals surface area (Å²) < 4.78 is 0. The van der Waals surface area contributed by atoms with E-state index >= 15 is 0 Å². The fraction of sp³-hybridized carbons (Fsp3) is 0.677. The van der Waals surface area contributed by atoms with E-state index < -0.39 is 211 Å². The predicted octanol–water partition coefficient (Wildman–Crippen LogP) is -3.10. The molecule has 0 bridgehead atoms. The topological polar surface area (TPSA) is 559 Å². The molecule has 0 aliphatic heterocycles. The highest BCUT2D eigenvalue weighted by Crippen LogP contribution is 2.17. The monoisotopic (exact) mass is 1400 g/mol. The van der Waals surface area contributed by atoms with Crippen molar-refractivity contribution in [2.24, 2.45) is 40.9 Å². The summed E-state index contributed by atoms with van der Waals surface area (Å²) >= 11 is 0. The Balaban J connectivity index is 3.62. The first-order valence-corrected chi connectivity index (χ1v) is 33.7. The maximum Gasteiger partial charge on any atom is 0.325 e. The van der Waals surface area contributed by atoms with Crippen LogP contribution in [-0.2, 0) is 78.3 Å². The molecule has 1 aromatic rings. The maximum atomic E-state index is 14.6. The predicted molar refractivity (Wildman–Crippen MR) is 361 cm³/mol. The van der Waals surface area contributed by atoms with Gasteiger partial charge in [-0.15, -0.1) is 0 Å². The van der Waals surface area contributed by atoms with Crippen molar-refractivity contribution in [3.05, 3.63) is 35.9 Å². The number of unbranched alkanes of at least 4 members (excludes halogenated alkanes) is 2. The van der Waals surface area contributed by atoms with Crippen molar-refractivity contribution in [2.45, 2.75) is 232 Å². The number of aliphatic hydroxyl groups is 1. The summed E-state index contributed by atoms with van der Waals surface area (Å²) in [7, 11) is 0. The van der Waals surface area contributed by atoms with Crippen LogP contribution in [0.3, 0.4) is 0 Å². The van der Waals surface area contributed by atoms with Crippen LogP contribution in [0.4, 0.5) is 0 Å².